The highest BCUT2D eigenvalue weighted by atomic mass is 32.1. The van der Waals surface area contributed by atoms with Gasteiger partial charge in [0.05, 0.1) is 6.61 Å². The van der Waals surface area contributed by atoms with Crippen LogP contribution in [0.2, 0.25) is 0 Å². The van der Waals surface area contributed by atoms with Crippen LogP contribution in [-0.2, 0) is 15.7 Å². The average Bonchev–Trinajstić information content (AvgIpc) is 2.75. The van der Waals surface area contributed by atoms with E-state index in [9.17, 15) is 4.79 Å². The monoisotopic (exact) mass is 282 g/mol. The van der Waals surface area contributed by atoms with E-state index in [4.69, 9.17) is 4.74 Å². The molecule has 1 rings (SSSR count). The van der Waals surface area contributed by atoms with Gasteiger partial charge in [-0.3, -0.25) is 0 Å². The first-order valence-electron chi connectivity index (χ1n) is 5.37. The molecule has 0 radical (unpaired) electrons. The molecule has 96 valence electrons. The molecule has 0 aromatic carbocycles. The first kappa shape index (κ1) is 14.7. The van der Waals surface area contributed by atoms with Crippen molar-refractivity contribution in [2.24, 2.45) is 4.99 Å². The van der Waals surface area contributed by atoms with Crippen molar-refractivity contribution in [3.8, 4) is 0 Å². The predicted molar refractivity (Wildman–Crippen MR) is 77.8 cm³/mol. The summed E-state index contributed by atoms with van der Waals surface area (Å²) in [6.07, 6.45) is 4.52. The summed E-state index contributed by atoms with van der Waals surface area (Å²) in [5, 5.41) is 2.74. The Morgan fingerprint density at radius 2 is 2.39 bits per heavy atom. The number of aliphatic imine (C=N–C) groups is 1. The SMILES string of the molecule is C=PCc1nc(C(=NC(=C)C)C(=O)OCC)cs1. The third kappa shape index (κ3) is 4.17. The fraction of sp³-hybridized carbons (Fsp3) is 0.333. The van der Waals surface area contributed by atoms with E-state index in [0.717, 1.165) is 19.4 Å². The number of hydrogen-bond acceptors (Lipinski definition) is 5. The molecule has 0 aliphatic heterocycles. The van der Waals surface area contributed by atoms with Crippen LogP contribution >= 0.6 is 19.5 Å². The standard InChI is InChI=1S/C12H15N2O2PS/c1-5-16-12(15)11(13-8(2)3)9-7-18-10(14-9)6-17-4/h7H,2,4-6H2,1,3H3. The molecule has 0 aliphatic rings. The molecule has 18 heavy (non-hydrogen) atoms. The summed E-state index contributed by atoms with van der Waals surface area (Å²) in [7, 11) is 0.997. The van der Waals surface area contributed by atoms with Crippen molar-refractivity contribution in [2.75, 3.05) is 6.61 Å². The molecule has 0 fully saturated rings. The highest BCUT2D eigenvalue weighted by Gasteiger charge is 2.18. The number of carbonyl (C=O) groups excluding carboxylic acids is 1. The van der Waals surface area contributed by atoms with E-state index < -0.39 is 5.97 Å². The molecule has 6 heteroatoms. The third-order valence-corrected chi connectivity index (χ3v) is 3.40. The number of ether oxygens (including phenoxy) is 1. The number of nitrogens with zero attached hydrogens (tertiary/aromatic N) is 2. The zero-order valence-electron chi connectivity index (χ0n) is 10.5. The normalized spacial score (nSPS) is 11.6. The second-order valence-corrected chi connectivity index (χ2v) is 5.13. The van der Waals surface area contributed by atoms with Crippen molar-refractivity contribution >= 4 is 37.5 Å². The quantitative estimate of drug-likeness (QED) is 0.458. The fourth-order valence-corrected chi connectivity index (χ4v) is 2.58. The zero-order chi connectivity index (χ0) is 13.5. The minimum Gasteiger partial charge on any atom is -0.461 e. The Kier molecular flexibility index (Phi) is 5.89. The van der Waals surface area contributed by atoms with Crippen molar-refractivity contribution in [3.63, 3.8) is 0 Å². The van der Waals surface area contributed by atoms with E-state index in [1.54, 1.807) is 19.2 Å². The summed E-state index contributed by atoms with van der Waals surface area (Å²) in [5.41, 5.74) is 1.30. The van der Waals surface area contributed by atoms with Gasteiger partial charge in [0.15, 0.2) is 5.71 Å². The highest BCUT2D eigenvalue weighted by Crippen LogP contribution is 2.16. The van der Waals surface area contributed by atoms with Gasteiger partial charge in [-0.1, -0.05) is 12.9 Å². The van der Waals surface area contributed by atoms with Gasteiger partial charge in [-0.15, -0.1) is 19.5 Å². The molecule has 0 amide bonds. The van der Waals surface area contributed by atoms with Crippen molar-refractivity contribution in [2.45, 2.75) is 20.0 Å². The molecule has 0 atom stereocenters. The highest BCUT2D eigenvalue weighted by molar-refractivity contribution is 7.36. The number of hydrogen-bond donors (Lipinski definition) is 0. The molecule has 0 saturated heterocycles. The van der Waals surface area contributed by atoms with Gasteiger partial charge in [0.25, 0.3) is 0 Å². The topological polar surface area (TPSA) is 51.5 Å². The van der Waals surface area contributed by atoms with Crippen LogP contribution in [0, 0.1) is 0 Å². The van der Waals surface area contributed by atoms with Crippen LogP contribution < -0.4 is 0 Å². The van der Waals surface area contributed by atoms with Crippen LogP contribution in [0.4, 0.5) is 0 Å². The number of thiazole rings is 1. The van der Waals surface area contributed by atoms with Crippen LogP contribution in [0.15, 0.2) is 22.6 Å². The average molecular weight is 282 g/mol. The lowest BCUT2D eigenvalue weighted by Gasteiger charge is -2.03. The summed E-state index contributed by atoms with van der Waals surface area (Å²) in [4.78, 5) is 20.3. The largest absolute Gasteiger partial charge is 0.461 e. The zero-order valence-corrected chi connectivity index (χ0v) is 12.2. The number of carbonyl (C=O) groups is 1. The molecule has 0 unspecified atom stereocenters. The maximum Gasteiger partial charge on any atom is 0.359 e. The van der Waals surface area contributed by atoms with E-state index in [-0.39, 0.29) is 5.71 Å². The third-order valence-electron chi connectivity index (χ3n) is 1.81. The fourth-order valence-electron chi connectivity index (χ4n) is 1.19. The summed E-state index contributed by atoms with van der Waals surface area (Å²) in [6.45, 7) is 7.46. The van der Waals surface area contributed by atoms with Crippen molar-refractivity contribution in [1.82, 2.24) is 4.98 Å². The van der Waals surface area contributed by atoms with Crippen LogP contribution in [0.25, 0.3) is 0 Å². The molecule has 0 aliphatic carbocycles. The summed E-state index contributed by atoms with van der Waals surface area (Å²) >= 11 is 1.49. The van der Waals surface area contributed by atoms with Crippen LogP contribution in [-0.4, -0.2) is 29.6 Å². The Morgan fingerprint density at radius 1 is 1.67 bits per heavy atom. The van der Waals surface area contributed by atoms with E-state index in [1.165, 1.54) is 11.3 Å². The van der Waals surface area contributed by atoms with Crippen molar-refractivity contribution in [3.05, 3.63) is 28.4 Å². The van der Waals surface area contributed by atoms with Gasteiger partial charge in [0, 0.05) is 17.2 Å². The van der Waals surface area contributed by atoms with Crippen molar-refractivity contribution < 1.29 is 9.53 Å². The summed E-state index contributed by atoms with van der Waals surface area (Å²) < 4.78 is 4.97. The van der Waals surface area contributed by atoms with Gasteiger partial charge in [0.1, 0.15) is 10.7 Å². The smallest absolute Gasteiger partial charge is 0.359 e. The molecule has 0 spiro atoms. The van der Waals surface area contributed by atoms with E-state index in [1.807, 2.05) is 0 Å². The minimum atomic E-state index is -0.468. The molecule has 4 nitrogen and oxygen atoms in total. The van der Waals surface area contributed by atoms with Gasteiger partial charge in [0.2, 0.25) is 0 Å². The Labute approximate surface area is 112 Å². The first-order chi connectivity index (χ1) is 8.58. The van der Waals surface area contributed by atoms with Gasteiger partial charge in [-0.25, -0.2) is 14.8 Å². The molecule has 0 saturated carbocycles. The second-order valence-electron chi connectivity index (χ2n) is 3.42. The molecule has 1 aromatic heterocycles. The van der Waals surface area contributed by atoms with Gasteiger partial charge in [-0.05, 0) is 13.8 Å². The Bertz CT molecular complexity index is 494. The molecular weight excluding hydrogens is 267 g/mol. The number of allylic oxidation sites excluding steroid dienone is 1. The van der Waals surface area contributed by atoms with E-state index in [0.29, 0.717) is 18.0 Å². The first-order valence-corrected chi connectivity index (χ1v) is 7.51. The predicted octanol–water partition coefficient (Wildman–Crippen LogP) is 2.91. The molecular formula is C12H15N2O2PS. The maximum absolute atomic E-state index is 11.8. The van der Waals surface area contributed by atoms with Gasteiger partial charge < -0.3 is 4.74 Å². The summed E-state index contributed by atoms with van der Waals surface area (Å²) in [5.74, 6) is -0.468. The van der Waals surface area contributed by atoms with Crippen LogP contribution in [0.1, 0.15) is 24.5 Å². The lowest BCUT2D eigenvalue weighted by atomic mass is 10.3. The van der Waals surface area contributed by atoms with Crippen molar-refractivity contribution in [1.29, 1.82) is 0 Å². The lowest BCUT2D eigenvalue weighted by Crippen LogP contribution is -2.19. The minimum absolute atomic E-state index is 0.215. The Balaban J connectivity index is 3.05. The molecule has 0 bridgehead atoms. The Hall–Kier alpha value is -1.32. The van der Waals surface area contributed by atoms with Crippen LogP contribution in [0.3, 0.4) is 0 Å². The number of esters is 1. The number of rotatable bonds is 6. The van der Waals surface area contributed by atoms with Gasteiger partial charge in [-0.2, -0.15) is 0 Å². The maximum atomic E-state index is 11.8. The Morgan fingerprint density at radius 3 is 2.94 bits per heavy atom. The molecule has 1 aromatic rings. The van der Waals surface area contributed by atoms with E-state index in [2.05, 4.69) is 22.9 Å². The second kappa shape index (κ2) is 7.19. The lowest BCUT2D eigenvalue weighted by molar-refractivity contribution is -0.134. The molecule has 1 heterocycles. The summed E-state index contributed by atoms with van der Waals surface area (Å²) in [6, 6.07) is 0. The van der Waals surface area contributed by atoms with Gasteiger partial charge >= 0.3 is 5.97 Å². The van der Waals surface area contributed by atoms with E-state index >= 15 is 0 Å². The molecule has 0 N–H and O–H groups in total. The number of aromatic nitrogens is 1. The van der Waals surface area contributed by atoms with Crippen LogP contribution in [0.5, 0.6) is 0 Å².